The molecule has 0 atom stereocenters. The van der Waals surface area contributed by atoms with Crippen LogP contribution >= 0.6 is 0 Å². The third-order valence-electron chi connectivity index (χ3n) is 2.66. The van der Waals surface area contributed by atoms with Crippen LogP contribution in [0.2, 0.25) is 0 Å². The van der Waals surface area contributed by atoms with Gasteiger partial charge in [-0.05, 0) is 43.2 Å². The maximum absolute atomic E-state index is 12.3. The van der Waals surface area contributed by atoms with Crippen molar-refractivity contribution in [3.8, 4) is 0 Å². The smallest absolute Gasteiger partial charge is 0.262 e. The summed E-state index contributed by atoms with van der Waals surface area (Å²) in [7, 11) is -3.52. The summed E-state index contributed by atoms with van der Waals surface area (Å²) in [6.45, 7) is 3.67. The van der Waals surface area contributed by atoms with Gasteiger partial charge in [-0.1, -0.05) is 30.3 Å². The van der Waals surface area contributed by atoms with Gasteiger partial charge in [-0.25, -0.2) is 8.42 Å². The van der Waals surface area contributed by atoms with Gasteiger partial charge in [0.2, 0.25) is 0 Å². The Hall–Kier alpha value is -1.81. The number of nitrogens with one attached hydrogen (secondary N) is 1. The lowest BCUT2D eigenvalue weighted by atomic mass is 10.2. The van der Waals surface area contributed by atoms with Gasteiger partial charge in [0.15, 0.2) is 0 Å². The summed E-state index contributed by atoms with van der Waals surface area (Å²) in [4.78, 5) is 0.325. The molecule has 0 fully saturated rings. The van der Waals surface area contributed by atoms with E-state index < -0.39 is 10.0 Å². The summed E-state index contributed by atoms with van der Waals surface area (Å²) in [5.74, 6) is 0. The number of benzene rings is 2. The average Bonchev–Trinajstić information content (AvgIpc) is 2.33. The summed E-state index contributed by atoms with van der Waals surface area (Å²) in [5, 5.41) is 0. The molecule has 0 spiro atoms. The first-order valence-electron chi connectivity index (χ1n) is 5.64. The predicted octanol–water partition coefficient (Wildman–Crippen LogP) is 3.10. The minimum Gasteiger partial charge on any atom is -0.280 e. The Morgan fingerprint density at radius 3 is 2.28 bits per heavy atom. The van der Waals surface area contributed by atoms with E-state index in [0.717, 1.165) is 11.1 Å². The van der Waals surface area contributed by atoms with Crippen LogP contribution in [0.1, 0.15) is 11.1 Å². The molecule has 2 rings (SSSR count). The zero-order valence-electron chi connectivity index (χ0n) is 10.3. The second-order valence-electron chi connectivity index (χ2n) is 4.24. The van der Waals surface area contributed by atoms with Gasteiger partial charge >= 0.3 is 0 Å². The van der Waals surface area contributed by atoms with Crippen molar-refractivity contribution in [2.45, 2.75) is 18.7 Å². The van der Waals surface area contributed by atoms with Crippen molar-refractivity contribution in [2.75, 3.05) is 4.72 Å². The Kier molecular flexibility index (Phi) is 3.39. The van der Waals surface area contributed by atoms with Crippen LogP contribution < -0.4 is 4.72 Å². The van der Waals surface area contributed by atoms with Crippen molar-refractivity contribution >= 4 is 15.7 Å². The highest BCUT2D eigenvalue weighted by Gasteiger charge is 2.16. The van der Waals surface area contributed by atoms with Gasteiger partial charge in [0.1, 0.15) is 0 Å². The fourth-order valence-electron chi connectivity index (χ4n) is 1.71. The molecular weight excluding hydrogens is 246 g/mol. The number of hydrogen-bond acceptors (Lipinski definition) is 2. The monoisotopic (exact) mass is 261 g/mol. The maximum Gasteiger partial charge on any atom is 0.262 e. The Labute approximate surface area is 108 Å². The van der Waals surface area contributed by atoms with Gasteiger partial charge in [0.05, 0.1) is 4.90 Å². The third-order valence-corrected chi connectivity index (χ3v) is 4.18. The largest absolute Gasteiger partial charge is 0.280 e. The van der Waals surface area contributed by atoms with Gasteiger partial charge in [0.25, 0.3) is 10.0 Å². The van der Waals surface area contributed by atoms with Crippen LogP contribution in [-0.4, -0.2) is 8.42 Å². The third kappa shape index (κ3) is 2.71. The molecule has 1 N–H and O–H groups in total. The molecular formula is C14H15NO2S. The highest BCUT2D eigenvalue weighted by Crippen LogP contribution is 2.20. The number of rotatable bonds is 3. The fourth-order valence-corrected chi connectivity index (χ4v) is 3.10. The Morgan fingerprint density at radius 1 is 0.944 bits per heavy atom. The number of anilines is 1. The van der Waals surface area contributed by atoms with Gasteiger partial charge < -0.3 is 0 Å². The molecule has 0 heterocycles. The SMILES string of the molecule is Cc1ccc(C)c(S(=O)(=O)Nc2ccccc2)c1. The van der Waals surface area contributed by atoms with Gasteiger partial charge in [-0.3, -0.25) is 4.72 Å². The first-order chi connectivity index (χ1) is 8.49. The van der Waals surface area contributed by atoms with E-state index in [9.17, 15) is 8.42 Å². The molecule has 0 radical (unpaired) electrons. The van der Waals surface area contributed by atoms with E-state index in [1.807, 2.05) is 25.1 Å². The van der Waals surface area contributed by atoms with Crippen molar-refractivity contribution in [1.82, 2.24) is 0 Å². The lowest BCUT2D eigenvalue weighted by Crippen LogP contribution is -2.14. The zero-order valence-corrected chi connectivity index (χ0v) is 11.2. The first kappa shape index (κ1) is 12.6. The average molecular weight is 261 g/mol. The summed E-state index contributed by atoms with van der Waals surface area (Å²) in [6, 6.07) is 14.3. The number of hydrogen-bond donors (Lipinski definition) is 1. The number of sulfonamides is 1. The molecule has 0 bridgehead atoms. The normalized spacial score (nSPS) is 11.2. The molecule has 3 nitrogen and oxygen atoms in total. The molecule has 94 valence electrons. The van der Waals surface area contributed by atoms with E-state index in [0.29, 0.717) is 10.6 Å². The molecule has 4 heteroatoms. The van der Waals surface area contributed by atoms with Crippen molar-refractivity contribution in [2.24, 2.45) is 0 Å². The molecule has 0 saturated carbocycles. The first-order valence-corrected chi connectivity index (χ1v) is 7.12. The highest BCUT2D eigenvalue weighted by atomic mass is 32.2. The Morgan fingerprint density at radius 2 is 1.61 bits per heavy atom. The molecule has 2 aromatic rings. The second-order valence-corrected chi connectivity index (χ2v) is 5.89. The van der Waals surface area contributed by atoms with E-state index in [1.165, 1.54) is 0 Å². The summed E-state index contributed by atoms with van der Waals surface area (Å²) in [6.07, 6.45) is 0. The summed E-state index contributed by atoms with van der Waals surface area (Å²) >= 11 is 0. The minimum atomic E-state index is -3.52. The molecule has 2 aromatic carbocycles. The molecule has 0 aliphatic carbocycles. The second kappa shape index (κ2) is 4.82. The minimum absolute atomic E-state index is 0.325. The van der Waals surface area contributed by atoms with Crippen LogP contribution in [0.25, 0.3) is 0 Å². The maximum atomic E-state index is 12.3. The van der Waals surface area contributed by atoms with Gasteiger partial charge in [-0.15, -0.1) is 0 Å². The van der Waals surface area contributed by atoms with Crippen molar-refractivity contribution in [3.05, 3.63) is 59.7 Å². The highest BCUT2D eigenvalue weighted by molar-refractivity contribution is 7.92. The number of aryl methyl sites for hydroxylation is 2. The van der Waals surface area contributed by atoms with Gasteiger partial charge in [0, 0.05) is 5.69 Å². The molecule has 0 aromatic heterocycles. The van der Waals surface area contributed by atoms with E-state index in [-0.39, 0.29) is 0 Å². The fraction of sp³-hybridized carbons (Fsp3) is 0.143. The van der Waals surface area contributed by atoms with Crippen LogP contribution in [0.3, 0.4) is 0 Å². The Bertz CT molecular complexity index is 649. The van der Waals surface area contributed by atoms with Crippen molar-refractivity contribution < 1.29 is 8.42 Å². The molecule has 0 aliphatic rings. The van der Waals surface area contributed by atoms with Crippen molar-refractivity contribution in [1.29, 1.82) is 0 Å². The standard InChI is InChI=1S/C14H15NO2S/c1-11-8-9-12(2)14(10-11)18(16,17)15-13-6-4-3-5-7-13/h3-10,15H,1-2H3. The lowest BCUT2D eigenvalue weighted by Gasteiger charge is -2.10. The lowest BCUT2D eigenvalue weighted by molar-refractivity contribution is 0.600. The summed E-state index contributed by atoms with van der Waals surface area (Å²) < 4.78 is 27.1. The predicted molar refractivity (Wildman–Crippen MR) is 73.2 cm³/mol. The molecule has 0 amide bonds. The molecule has 0 saturated heterocycles. The topological polar surface area (TPSA) is 46.2 Å². The quantitative estimate of drug-likeness (QED) is 0.922. The van der Waals surface area contributed by atoms with Crippen LogP contribution in [0.15, 0.2) is 53.4 Å². The number of para-hydroxylation sites is 1. The van der Waals surface area contributed by atoms with E-state index in [4.69, 9.17) is 0 Å². The van der Waals surface area contributed by atoms with E-state index >= 15 is 0 Å². The Balaban J connectivity index is 2.40. The van der Waals surface area contributed by atoms with E-state index in [1.54, 1.807) is 37.3 Å². The molecule has 0 aliphatic heterocycles. The molecule has 18 heavy (non-hydrogen) atoms. The van der Waals surface area contributed by atoms with Crippen molar-refractivity contribution in [3.63, 3.8) is 0 Å². The van der Waals surface area contributed by atoms with E-state index in [2.05, 4.69) is 4.72 Å². The van der Waals surface area contributed by atoms with Gasteiger partial charge in [-0.2, -0.15) is 0 Å². The molecule has 0 unspecified atom stereocenters. The zero-order chi connectivity index (χ0) is 13.2. The van der Waals surface area contributed by atoms with Crippen LogP contribution in [0.5, 0.6) is 0 Å². The summed E-state index contributed by atoms with van der Waals surface area (Å²) in [5.41, 5.74) is 2.23. The van der Waals surface area contributed by atoms with Crippen LogP contribution in [0, 0.1) is 13.8 Å². The van der Waals surface area contributed by atoms with Crippen LogP contribution in [-0.2, 0) is 10.0 Å². The van der Waals surface area contributed by atoms with Crippen LogP contribution in [0.4, 0.5) is 5.69 Å².